The number of sulfone groups is 1. The minimum atomic E-state index is -3.19. The van der Waals surface area contributed by atoms with Gasteiger partial charge in [-0.25, -0.2) is 8.42 Å². The van der Waals surface area contributed by atoms with Crippen molar-refractivity contribution in [2.24, 2.45) is 0 Å². The Balaban J connectivity index is 3.28. The first-order chi connectivity index (χ1) is 5.00. The summed E-state index contributed by atoms with van der Waals surface area (Å²) < 4.78 is 21.7. The van der Waals surface area contributed by atoms with E-state index in [4.69, 9.17) is 11.6 Å². The highest BCUT2D eigenvalue weighted by atomic mass is 35.5. The van der Waals surface area contributed by atoms with E-state index in [0.717, 1.165) is 6.26 Å². The Morgan fingerprint density at radius 2 is 2.27 bits per heavy atom. The van der Waals surface area contributed by atoms with Crippen molar-refractivity contribution in [3.05, 3.63) is 23.5 Å². The highest BCUT2D eigenvalue weighted by Crippen LogP contribution is 2.12. The molecule has 0 spiro atoms. The number of hydrogen-bond acceptors (Lipinski definition) is 3. The second kappa shape index (κ2) is 2.79. The highest BCUT2D eigenvalue weighted by molar-refractivity contribution is 7.90. The maximum absolute atomic E-state index is 10.9. The van der Waals surface area contributed by atoms with Gasteiger partial charge in [0.15, 0.2) is 9.84 Å². The summed E-state index contributed by atoms with van der Waals surface area (Å²) >= 11 is 5.47. The van der Waals surface area contributed by atoms with E-state index >= 15 is 0 Å². The predicted octanol–water partition coefficient (Wildman–Crippen LogP) is 0.939. The molecule has 1 aromatic rings. The van der Waals surface area contributed by atoms with Gasteiger partial charge in [0, 0.05) is 12.5 Å². The summed E-state index contributed by atoms with van der Waals surface area (Å²) in [6.07, 6.45) is 4.70. The van der Waals surface area contributed by atoms with Crippen LogP contribution in [0, 0.1) is 6.20 Å². The Labute approximate surface area is 69.9 Å². The van der Waals surface area contributed by atoms with Crippen LogP contribution in [0.5, 0.6) is 0 Å². The van der Waals surface area contributed by atoms with Gasteiger partial charge in [-0.05, 0) is 6.07 Å². The molecule has 0 aliphatic carbocycles. The van der Waals surface area contributed by atoms with Crippen molar-refractivity contribution < 1.29 is 8.42 Å². The Morgan fingerprint density at radius 1 is 1.64 bits per heavy atom. The molecule has 0 aliphatic rings. The molecular formula is C6H5ClNO2S. The third kappa shape index (κ3) is 2.17. The van der Waals surface area contributed by atoms with Gasteiger partial charge in [0.2, 0.25) is 0 Å². The fraction of sp³-hybridized carbons (Fsp3) is 0.167. The Morgan fingerprint density at radius 3 is 2.64 bits per heavy atom. The molecule has 1 aromatic heterocycles. The van der Waals surface area contributed by atoms with Gasteiger partial charge in [-0.2, -0.15) is 0 Å². The average molecular weight is 191 g/mol. The van der Waals surface area contributed by atoms with Crippen LogP contribution in [-0.4, -0.2) is 19.7 Å². The van der Waals surface area contributed by atoms with E-state index in [1.54, 1.807) is 0 Å². The molecule has 0 saturated carbocycles. The third-order valence-electron chi connectivity index (χ3n) is 1.06. The molecule has 0 atom stereocenters. The van der Waals surface area contributed by atoms with Gasteiger partial charge in [-0.1, -0.05) is 11.6 Å². The zero-order chi connectivity index (χ0) is 8.48. The topological polar surface area (TPSA) is 47.0 Å². The van der Waals surface area contributed by atoms with Crippen molar-refractivity contribution in [2.75, 3.05) is 6.26 Å². The van der Waals surface area contributed by atoms with Crippen LogP contribution in [0.1, 0.15) is 0 Å². The molecule has 0 amide bonds. The maximum Gasteiger partial charge on any atom is 0.177 e. The molecule has 0 saturated heterocycles. The van der Waals surface area contributed by atoms with Crippen LogP contribution in [0.25, 0.3) is 0 Å². The molecule has 0 aliphatic heterocycles. The zero-order valence-corrected chi connectivity index (χ0v) is 7.28. The van der Waals surface area contributed by atoms with E-state index in [1.165, 1.54) is 12.3 Å². The first kappa shape index (κ1) is 8.49. The minimum absolute atomic E-state index is 0.112. The molecule has 3 nitrogen and oxygen atoms in total. The van der Waals surface area contributed by atoms with Crippen molar-refractivity contribution in [1.29, 1.82) is 0 Å². The molecule has 0 unspecified atom stereocenters. The van der Waals surface area contributed by atoms with Gasteiger partial charge in [-0.3, -0.25) is 4.98 Å². The van der Waals surface area contributed by atoms with E-state index in [-0.39, 0.29) is 9.92 Å². The molecule has 1 heterocycles. The molecule has 0 N–H and O–H groups in total. The lowest BCUT2D eigenvalue weighted by molar-refractivity contribution is 0.601. The lowest BCUT2D eigenvalue weighted by atomic mass is 10.5. The van der Waals surface area contributed by atoms with E-state index in [1.807, 2.05) is 0 Å². The minimum Gasteiger partial charge on any atom is -0.252 e. The van der Waals surface area contributed by atoms with E-state index in [0.29, 0.717) is 0 Å². The predicted molar refractivity (Wildman–Crippen MR) is 41.2 cm³/mol. The van der Waals surface area contributed by atoms with Crippen molar-refractivity contribution in [2.45, 2.75) is 4.90 Å². The van der Waals surface area contributed by atoms with E-state index in [2.05, 4.69) is 11.2 Å². The van der Waals surface area contributed by atoms with Gasteiger partial charge in [0.1, 0.15) is 6.20 Å². The van der Waals surface area contributed by atoms with Gasteiger partial charge in [0.25, 0.3) is 0 Å². The first-order valence-corrected chi connectivity index (χ1v) is 5.00. The van der Waals surface area contributed by atoms with E-state index < -0.39 is 9.84 Å². The standard InChI is InChI=1S/C6H5ClNO2S/c1-11(9,10)6-2-5(7)3-8-4-6/h2,4H,1H3. The lowest BCUT2D eigenvalue weighted by Gasteiger charge is -1.95. The second-order valence-corrected chi connectivity index (χ2v) is 4.46. The Kier molecular flexibility index (Phi) is 2.15. The Bertz CT molecular complexity index is 361. The smallest absolute Gasteiger partial charge is 0.177 e. The van der Waals surface area contributed by atoms with Crippen molar-refractivity contribution in [1.82, 2.24) is 4.98 Å². The number of pyridine rings is 1. The first-order valence-electron chi connectivity index (χ1n) is 2.73. The largest absolute Gasteiger partial charge is 0.252 e. The Hall–Kier alpha value is -0.610. The molecule has 11 heavy (non-hydrogen) atoms. The molecule has 0 bridgehead atoms. The van der Waals surface area contributed by atoms with Crippen LogP contribution < -0.4 is 0 Å². The van der Waals surface area contributed by atoms with Gasteiger partial charge in [-0.15, -0.1) is 0 Å². The quantitative estimate of drug-likeness (QED) is 0.662. The third-order valence-corrected chi connectivity index (χ3v) is 2.33. The summed E-state index contributed by atoms with van der Waals surface area (Å²) in [6, 6.07) is 1.31. The number of hydrogen-bond donors (Lipinski definition) is 0. The molecule has 0 aromatic carbocycles. The SMILES string of the molecule is CS(=O)(=O)c1cn[c]c(Cl)c1. The van der Waals surface area contributed by atoms with Gasteiger partial charge < -0.3 is 0 Å². The summed E-state index contributed by atoms with van der Waals surface area (Å²) in [5.74, 6) is 0. The molecule has 5 heteroatoms. The number of rotatable bonds is 1. The normalized spacial score (nSPS) is 11.5. The van der Waals surface area contributed by atoms with Crippen LogP contribution in [-0.2, 0) is 9.84 Å². The average Bonchev–Trinajstić information content (AvgIpc) is 1.86. The second-order valence-electron chi connectivity index (χ2n) is 2.04. The van der Waals surface area contributed by atoms with Crippen LogP contribution in [0.15, 0.2) is 17.2 Å². The van der Waals surface area contributed by atoms with Crippen LogP contribution in [0.4, 0.5) is 0 Å². The fourth-order valence-corrected chi connectivity index (χ4v) is 1.36. The molecule has 0 fully saturated rings. The maximum atomic E-state index is 10.9. The summed E-state index contributed by atoms with van der Waals surface area (Å²) in [5.41, 5.74) is 0. The van der Waals surface area contributed by atoms with Crippen LogP contribution in [0.3, 0.4) is 0 Å². The number of nitrogens with zero attached hydrogens (tertiary/aromatic N) is 1. The van der Waals surface area contributed by atoms with Gasteiger partial charge in [0.05, 0.1) is 9.92 Å². The molecule has 59 valence electrons. The van der Waals surface area contributed by atoms with Gasteiger partial charge >= 0.3 is 0 Å². The molecule has 1 radical (unpaired) electrons. The van der Waals surface area contributed by atoms with E-state index in [9.17, 15) is 8.42 Å². The van der Waals surface area contributed by atoms with Crippen molar-refractivity contribution in [3.8, 4) is 0 Å². The molecular weight excluding hydrogens is 186 g/mol. The summed E-state index contributed by atoms with van der Waals surface area (Å²) in [7, 11) is -3.19. The van der Waals surface area contributed by atoms with Crippen molar-refractivity contribution >= 4 is 21.4 Å². The van der Waals surface area contributed by atoms with Crippen molar-refractivity contribution in [3.63, 3.8) is 0 Å². The monoisotopic (exact) mass is 190 g/mol. The lowest BCUT2D eigenvalue weighted by Crippen LogP contribution is -1.97. The molecule has 1 rings (SSSR count). The number of halogens is 1. The summed E-state index contributed by atoms with van der Waals surface area (Å²) in [6.45, 7) is 0. The summed E-state index contributed by atoms with van der Waals surface area (Å²) in [5, 5.41) is 0.202. The zero-order valence-electron chi connectivity index (χ0n) is 5.70. The number of aromatic nitrogens is 1. The fourth-order valence-electron chi connectivity index (χ4n) is 0.555. The van der Waals surface area contributed by atoms with Crippen LogP contribution in [0.2, 0.25) is 5.02 Å². The van der Waals surface area contributed by atoms with Crippen LogP contribution >= 0.6 is 11.6 Å². The summed E-state index contributed by atoms with van der Waals surface area (Å²) in [4.78, 5) is 3.63. The highest BCUT2D eigenvalue weighted by Gasteiger charge is 2.06.